The molecule has 3 aromatic rings. The molecule has 0 saturated heterocycles. The fourth-order valence-electron chi connectivity index (χ4n) is 2.47. The molecular weight excluding hydrogens is 427 g/mol. The van der Waals surface area contributed by atoms with Gasteiger partial charge in [-0.2, -0.15) is 0 Å². The van der Waals surface area contributed by atoms with E-state index in [0.717, 1.165) is 0 Å². The SMILES string of the molecule is COc1ccc(C(=O)Nc2ccccc2NC(=O)c2ccc(F)c(Br)c2)cc1. The first-order chi connectivity index (χ1) is 13.5. The van der Waals surface area contributed by atoms with Crippen molar-refractivity contribution in [2.24, 2.45) is 0 Å². The Morgan fingerprint density at radius 1 is 0.857 bits per heavy atom. The van der Waals surface area contributed by atoms with E-state index in [4.69, 9.17) is 4.74 Å². The summed E-state index contributed by atoms with van der Waals surface area (Å²) in [6, 6.07) is 17.5. The van der Waals surface area contributed by atoms with E-state index in [1.165, 1.54) is 18.2 Å². The minimum atomic E-state index is -0.455. The molecule has 5 nitrogen and oxygen atoms in total. The van der Waals surface area contributed by atoms with E-state index in [9.17, 15) is 14.0 Å². The highest BCUT2D eigenvalue weighted by Gasteiger charge is 2.13. The van der Waals surface area contributed by atoms with Gasteiger partial charge >= 0.3 is 0 Å². The maximum atomic E-state index is 13.4. The van der Waals surface area contributed by atoms with E-state index >= 15 is 0 Å². The average molecular weight is 443 g/mol. The molecule has 2 amide bonds. The van der Waals surface area contributed by atoms with Crippen LogP contribution in [0, 0.1) is 5.82 Å². The summed E-state index contributed by atoms with van der Waals surface area (Å²) in [6.45, 7) is 0. The molecule has 0 heterocycles. The predicted molar refractivity (Wildman–Crippen MR) is 109 cm³/mol. The van der Waals surface area contributed by atoms with Gasteiger partial charge in [0, 0.05) is 11.1 Å². The van der Waals surface area contributed by atoms with E-state index in [1.807, 2.05) is 0 Å². The quantitative estimate of drug-likeness (QED) is 0.577. The van der Waals surface area contributed by atoms with Gasteiger partial charge in [0.05, 0.1) is 23.0 Å². The van der Waals surface area contributed by atoms with E-state index in [2.05, 4.69) is 26.6 Å². The number of hydrogen-bond donors (Lipinski definition) is 2. The number of rotatable bonds is 5. The van der Waals surface area contributed by atoms with Crippen molar-refractivity contribution in [2.75, 3.05) is 17.7 Å². The molecule has 0 aliphatic rings. The highest BCUT2D eigenvalue weighted by molar-refractivity contribution is 9.10. The summed E-state index contributed by atoms with van der Waals surface area (Å²) >= 11 is 3.06. The Hall–Kier alpha value is -3.19. The van der Waals surface area contributed by atoms with Crippen LogP contribution in [0.4, 0.5) is 15.8 Å². The van der Waals surface area contributed by atoms with Gasteiger partial charge < -0.3 is 15.4 Å². The maximum absolute atomic E-state index is 13.4. The molecule has 142 valence electrons. The summed E-state index contributed by atoms with van der Waals surface area (Å²) in [5.74, 6) is -0.556. The fourth-order valence-corrected chi connectivity index (χ4v) is 2.85. The van der Waals surface area contributed by atoms with Gasteiger partial charge in [0.15, 0.2) is 0 Å². The van der Waals surface area contributed by atoms with E-state index < -0.39 is 11.7 Å². The molecule has 0 aromatic heterocycles. The molecule has 28 heavy (non-hydrogen) atoms. The Balaban J connectivity index is 1.77. The van der Waals surface area contributed by atoms with Crippen molar-refractivity contribution in [2.45, 2.75) is 0 Å². The predicted octanol–water partition coefficient (Wildman–Crippen LogP) is 5.10. The van der Waals surface area contributed by atoms with Crippen LogP contribution in [-0.2, 0) is 0 Å². The first-order valence-electron chi connectivity index (χ1n) is 8.29. The zero-order valence-corrected chi connectivity index (χ0v) is 16.4. The number of carbonyl (C=O) groups excluding carboxylic acids is 2. The van der Waals surface area contributed by atoms with Crippen LogP contribution >= 0.6 is 15.9 Å². The highest BCUT2D eigenvalue weighted by Crippen LogP contribution is 2.24. The number of amides is 2. The third-order valence-electron chi connectivity index (χ3n) is 3.96. The lowest BCUT2D eigenvalue weighted by Crippen LogP contribution is -2.16. The van der Waals surface area contributed by atoms with Gasteiger partial charge in [-0.1, -0.05) is 12.1 Å². The number of ether oxygens (including phenoxy) is 1. The molecule has 0 fully saturated rings. The van der Waals surface area contributed by atoms with Gasteiger partial charge in [0.25, 0.3) is 11.8 Å². The molecule has 0 spiro atoms. The number of carbonyl (C=O) groups is 2. The van der Waals surface area contributed by atoms with Gasteiger partial charge in [0.1, 0.15) is 11.6 Å². The summed E-state index contributed by atoms with van der Waals surface area (Å²) in [6.07, 6.45) is 0. The van der Waals surface area contributed by atoms with E-state index in [1.54, 1.807) is 55.6 Å². The van der Waals surface area contributed by atoms with Crippen molar-refractivity contribution < 1.29 is 18.7 Å². The van der Waals surface area contributed by atoms with Crippen LogP contribution in [-0.4, -0.2) is 18.9 Å². The average Bonchev–Trinajstić information content (AvgIpc) is 2.71. The van der Waals surface area contributed by atoms with Crippen molar-refractivity contribution >= 4 is 39.1 Å². The third kappa shape index (κ3) is 4.55. The lowest BCUT2D eigenvalue weighted by molar-refractivity contribution is 0.101. The smallest absolute Gasteiger partial charge is 0.255 e. The summed E-state index contributed by atoms with van der Waals surface area (Å²) in [4.78, 5) is 25.0. The maximum Gasteiger partial charge on any atom is 0.255 e. The second-order valence-corrected chi connectivity index (χ2v) is 6.67. The summed E-state index contributed by atoms with van der Waals surface area (Å²) in [7, 11) is 1.55. The molecule has 0 bridgehead atoms. The molecule has 0 atom stereocenters. The minimum absolute atomic E-state index is 0.196. The Bertz CT molecular complexity index is 1020. The Morgan fingerprint density at radius 3 is 1.93 bits per heavy atom. The van der Waals surface area contributed by atoms with Gasteiger partial charge in [-0.3, -0.25) is 9.59 Å². The molecular formula is C21H16BrFN2O3. The lowest BCUT2D eigenvalue weighted by atomic mass is 10.1. The molecule has 7 heteroatoms. The molecule has 0 unspecified atom stereocenters. The van der Waals surface area contributed by atoms with Gasteiger partial charge in [-0.25, -0.2) is 4.39 Å². The number of para-hydroxylation sites is 2. The van der Waals surface area contributed by atoms with Crippen molar-refractivity contribution in [3.8, 4) is 5.75 Å². The normalized spacial score (nSPS) is 10.2. The fraction of sp³-hybridized carbons (Fsp3) is 0.0476. The molecule has 2 N–H and O–H groups in total. The Morgan fingerprint density at radius 2 is 1.39 bits per heavy atom. The van der Waals surface area contributed by atoms with Gasteiger partial charge in [0.2, 0.25) is 0 Å². The third-order valence-corrected chi connectivity index (χ3v) is 4.57. The lowest BCUT2D eigenvalue weighted by Gasteiger charge is -2.13. The Kier molecular flexibility index (Phi) is 6.06. The van der Waals surface area contributed by atoms with Crippen molar-refractivity contribution in [3.63, 3.8) is 0 Å². The van der Waals surface area contributed by atoms with Crippen LogP contribution in [0.1, 0.15) is 20.7 Å². The van der Waals surface area contributed by atoms with Crippen LogP contribution in [0.25, 0.3) is 0 Å². The zero-order valence-electron chi connectivity index (χ0n) is 14.8. The topological polar surface area (TPSA) is 67.4 Å². The number of halogens is 2. The van der Waals surface area contributed by atoms with Gasteiger partial charge in [-0.05, 0) is 70.5 Å². The standard InChI is InChI=1S/C21H16BrFN2O3/c1-28-15-9-6-13(7-10-15)20(26)24-18-4-2-3-5-19(18)25-21(27)14-8-11-17(23)16(22)12-14/h2-12H,1H3,(H,24,26)(H,25,27). The van der Waals surface area contributed by atoms with E-state index in [-0.39, 0.29) is 15.9 Å². The van der Waals surface area contributed by atoms with Gasteiger partial charge in [-0.15, -0.1) is 0 Å². The highest BCUT2D eigenvalue weighted by atomic mass is 79.9. The van der Waals surface area contributed by atoms with Crippen molar-refractivity contribution in [1.82, 2.24) is 0 Å². The number of anilines is 2. The number of hydrogen-bond acceptors (Lipinski definition) is 3. The van der Waals surface area contributed by atoms with Crippen LogP contribution in [0.3, 0.4) is 0 Å². The van der Waals surface area contributed by atoms with Crippen LogP contribution < -0.4 is 15.4 Å². The monoisotopic (exact) mass is 442 g/mol. The molecule has 3 rings (SSSR count). The molecule has 0 radical (unpaired) electrons. The van der Waals surface area contributed by atoms with Crippen LogP contribution in [0.5, 0.6) is 5.75 Å². The number of benzene rings is 3. The van der Waals surface area contributed by atoms with Crippen LogP contribution in [0.15, 0.2) is 71.2 Å². The largest absolute Gasteiger partial charge is 0.497 e. The molecule has 3 aromatic carbocycles. The van der Waals surface area contributed by atoms with Crippen LogP contribution in [0.2, 0.25) is 0 Å². The second kappa shape index (κ2) is 8.67. The first kappa shape index (κ1) is 19.6. The molecule has 0 aliphatic carbocycles. The van der Waals surface area contributed by atoms with Crippen molar-refractivity contribution in [1.29, 1.82) is 0 Å². The number of methoxy groups -OCH3 is 1. The number of nitrogens with one attached hydrogen (secondary N) is 2. The van der Waals surface area contributed by atoms with E-state index in [0.29, 0.717) is 22.7 Å². The zero-order chi connectivity index (χ0) is 20.1. The Labute approximate surface area is 169 Å². The summed E-state index contributed by atoms with van der Waals surface area (Å²) < 4.78 is 18.6. The van der Waals surface area contributed by atoms with Crippen molar-refractivity contribution in [3.05, 3.63) is 88.1 Å². The minimum Gasteiger partial charge on any atom is -0.497 e. The summed E-state index contributed by atoms with van der Waals surface area (Å²) in [5.41, 5.74) is 1.60. The molecule has 0 aliphatic heterocycles. The molecule has 0 saturated carbocycles. The summed E-state index contributed by atoms with van der Waals surface area (Å²) in [5, 5.41) is 5.51. The first-order valence-corrected chi connectivity index (χ1v) is 9.08. The second-order valence-electron chi connectivity index (χ2n) is 5.81.